The molecule has 4 heteroatoms. The summed E-state index contributed by atoms with van der Waals surface area (Å²) in [7, 11) is 1.82. The lowest BCUT2D eigenvalue weighted by molar-refractivity contribution is -0.132. The first-order valence-electron chi connectivity index (χ1n) is 4.50. The molecule has 0 N–H and O–H groups in total. The van der Waals surface area contributed by atoms with E-state index >= 15 is 0 Å². The van der Waals surface area contributed by atoms with E-state index in [4.69, 9.17) is 0 Å². The van der Waals surface area contributed by atoms with Crippen LogP contribution < -0.4 is 0 Å². The fourth-order valence-electron chi connectivity index (χ4n) is 1.53. The van der Waals surface area contributed by atoms with Crippen LogP contribution in [0.1, 0.15) is 18.3 Å². The van der Waals surface area contributed by atoms with Crippen LogP contribution in [-0.2, 0) is 24.3 Å². The van der Waals surface area contributed by atoms with E-state index in [1.807, 2.05) is 7.05 Å². The summed E-state index contributed by atoms with van der Waals surface area (Å²) in [5.74, 6) is 0.137. The van der Waals surface area contributed by atoms with E-state index in [9.17, 15) is 4.79 Å². The molecule has 2 rings (SSSR count). The first-order valence-corrected chi connectivity index (χ1v) is 4.50. The number of nitrogens with zero attached hydrogens (tertiary/aromatic N) is 3. The molecule has 0 aliphatic carbocycles. The maximum atomic E-state index is 11.3. The van der Waals surface area contributed by atoms with Gasteiger partial charge in [0.25, 0.3) is 0 Å². The van der Waals surface area contributed by atoms with Crippen molar-refractivity contribution in [2.75, 3.05) is 7.05 Å². The molecule has 1 amide bonds. The van der Waals surface area contributed by atoms with Gasteiger partial charge in [-0.15, -0.1) is 0 Å². The zero-order valence-electron chi connectivity index (χ0n) is 7.95. The van der Waals surface area contributed by atoms with Gasteiger partial charge in [0.05, 0.1) is 17.9 Å². The van der Waals surface area contributed by atoms with Gasteiger partial charge in [-0.3, -0.25) is 9.48 Å². The number of hydrogen-bond donors (Lipinski definition) is 0. The topological polar surface area (TPSA) is 38.1 Å². The summed E-state index contributed by atoms with van der Waals surface area (Å²) in [4.78, 5) is 13.1. The van der Waals surface area contributed by atoms with Gasteiger partial charge in [0.2, 0.25) is 5.91 Å². The number of rotatable bonds is 1. The van der Waals surface area contributed by atoms with Crippen molar-refractivity contribution in [1.82, 2.24) is 14.7 Å². The average Bonchev–Trinajstić information content (AvgIpc) is 2.48. The standard InChI is InChI=1S/C9H13N3O/c1-3-7-4-8-5-11(2)9(13)6-12(8)10-7/h4H,3,5-6H2,1-2H3. The second kappa shape index (κ2) is 2.87. The molecule has 0 fully saturated rings. The van der Waals surface area contributed by atoms with E-state index in [1.165, 1.54) is 0 Å². The van der Waals surface area contributed by atoms with Crippen molar-refractivity contribution in [2.24, 2.45) is 0 Å². The highest BCUT2D eigenvalue weighted by molar-refractivity contribution is 5.76. The quantitative estimate of drug-likeness (QED) is 0.626. The Balaban J connectivity index is 2.34. The molecule has 0 saturated carbocycles. The van der Waals surface area contributed by atoms with E-state index in [0.29, 0.717) is 13.1 Å². The van der Waals surface area contributed by atoms with Crippen molar-refractivity contribution < 1.29 is 4.79 Å². The molecule has 1 aliphatic heterocycles. The fourth-order valence-corrected chi connectivity index (χ4v) is 1.53. The van der Waals surface area contributed by atoms with Crippen molar-refractivity contribution in [2.45, 2.75) is 26.4 Å². The Hall–Kier alpha value is -1.32. The first kappa shape index (κ1) is 8.29. The predicted octanol–water partition coefficient (Wildman–Crippen LogP) is 0.417. The minimum Gasteiger partial charge on any atom is -0.338 e. The van der Waals surface area contributed by atoms with Gasteiger partial charge >= 0.3 is 0 Å². The molecule has 1 aromatic rings. The van der Waals surface area contributed by atoms with Gasteiger partial charge in [0, 0.05) is 7.05 Å². The minimum atomic E-state index is 0.137. The van der Waals surface area contributed by atoms with Gasteiger partial charge < -0.3 is 4.90 Å². The normalized spacial score (nSPS) is 16.2. The third-order valence-electron chi connectivity index (χ3n) is 2.39. The molecule has 2 heterocycles. The molecule has 1 aliphatic rings. The Bertz CT molecular complexity index is 343. The number of aromatic nitrogens is 2. The summed E-state index contributed by atoms with van der Waals surface area (Å²) in [6.45, 7) is 3.15. The number of aryl methyl sites for hydroxylation is 1. The van der Waals surface area contributed by atoms with Gasteiger partial charge in [-0.2, -0.15) is 5.10 Å². The molecular formula is C9H13N3O. The molecule has 0 radical (unpaired) electrons. The van der Waals surface area contributed by atoms with Crippen LogP contribution in [-0.4, -0.2) is 27.6 Å². The Labute approximate surface area is 77.1 Å². The Morgan fingerprint density at radius 1 is 1.54 bits per heavy atom. The van der Waals surface area contributed by atoms with Crippen LogP contribution in [0.4, 0.5) is 0 Å². The first-order chi connectivity index (χ1) is 6.20. The van der Waals surface area contributed by atoms with Crippen LogP contribution >= 0.6 is 0 Å². The second-order valence-electron chi connectivity index (χ2n) is 3.39. The van der Waals surface area contributed by atoms with Gasteiger partial charge in [-0.1, -0.05) is 6.92 Å². The van der Waals surface area contributed by atoms with Crippen LogP contribution in [0.3, 0.4) is 0 Å². The molecule has 0 atom stereocenters. The summed E-state index contributed by atoms with van der Waals surface area (Å²) >= 11 is 0. The van der Waals surface area contributed by atoms with Crippen LogP contribution in [0.2, 0.25) is 0 Å². The number of carbonyl (C=O) groups is 1. The number of amides is 1. The van der Waals surface area contributed by atoms with Crippen molar-refractivity contribution in [3.8, 4) is 0 Å². The Kier molecular flexibility index (Phi) is 1.83. The average molecular weight is 179 g/mol. The van der Waals surface area contributed by atoms with Crippen molar-refractivity contribution in [3.63, 3.8) is 0 Å². The predicted molar refractivity (Wildman–Crippen MR) is 48.1 cm³/mol. The van der Waals surface area contributed by atoms with E-state index in [0.717, 1.165) is 17.8 Å². The molecule has 70 valence electrons. The maximum Gasteiger partial charge on any atom is 0.244 e. The highest BCUT2D eigenvalue weighted by Crippen LogP contribution is 2.13. The summed E-state index contributed by atoms with van der Waals surface area (Å²) in [6.07, 6.45) is 0.928. The molecule has 0 bridgehead atoms. The number of fused-ring (bicyclic) bond motifs is 1. The van der Waals surface area contributed by atoms with Gasteiger partial charge in [0.15, 0.2) is 0 Å². The summed E-state index contributed by atoms with van der Waals surface area (Å²) in [6, 6.07) is 2.07. The molecule has 4 nitrogen and oxygen atoms in total. The monoisotopic (exact) mass is 179 g/mol. The number of carbonyl (C=O) groups excluding carboxylic acids is 1. The van der Waals surface area contributed by atoms with Gasteiger partial charge in [-0.05, 0) is 12.5 Å². The van der Waals surface area contributed by atoms with Crippen molar-refractivity contribution in [3.05, 3.63) is 17.5 Å². The smallest absolute Gasteiger partial charge is 0.244 e. The molecule has 0 spiro atoms. The van der Waals surface area contributed by atoms with E-state index < -0.39 is 0 Å². The van der Waals surface area contributed by atoms with E-state index in [1.54, 1.807) is 9.58 Å². The van der Waals surface area contributed by atoms with Crippen molar-refractivity contribution in [1.29, 1.82) is 0 Å². The summed E-state index contributed by atoms with van der Waals surface area (Å²) in [5, 5.41) is 4.32. The Morgan fingerprint density at radius 2 is 2.31 bits per heavy atom. The lowest BCUT2D eigenvalue weighted by Crippen LogP contribution is -2.36. The van der Waals surface area contributed by atoms with Gasteiger partial charge in [0.1, 0.15) is 6.54 Å². The Morgan fingerprint density at radius 3 is 3.00 bits per heavy atom. The molecule has 0 unspecified atom stereocenters. The highest BCUT2D eigenvalue weighted by Gasteiger charge is 2.20. The number of likely N-dealkylation sites (N-methyl/N-ethyl adjacent to an activating group) is 1. The number of hydrogen-bond acceptors (Lipinski definition) is 2. The third-order valence-corrected chi connectivity index (χ3v) is 2.39. The summed E-state index contributed by atoms with van der Waals surface area (Å²) < 4.78 is 1.81. The highest BCUT2D eigenvalue weighted by atomic mass is 16.2. The fraction of sp³-hybridized carbons (Fsp3) is 0.556. The molecule has 13 heavy (non-hydrogen) atoms. The SMILES string of the molecule is CCc1cc2n(n1)CC(=O)N(C)C2. The lowest BCUT2D eigenvalue weighted by atomic mass is 10.2. The van der Waals surface area contributed by atoms with Crippen LogP contribution in [0.15, 0.2) is 6.07 Å². The zero-order valence-corrected chi connectivity index (χ0v) is 7.95. The molecule has 0 saturated heterocycles. The van der Waals surface area contributed by atoms with Crippen LogP contribution in [0.25, 0.3) is 0 Å². The minimum absolute atomic E-state index is 0.137. The van der Waals surface area contributed by atoms with Crippen LogP contribution in [0, 0.1) is 0 Å². The largest absolute Gasteiger partial charge is 0.338 e. The van der Waals surface area contributed by atoms with E-state index in [-0.39, 0.29) is 5.91 Å². The molecule has 0 aromatic carbocycles. The van der Waals surface area contributed by atoms with Crippen LogP contribution in [0.5, 0.6) is 0 Å². The zero-order chi connectivity index (χ0) is 9.42. The maximum absolute atomic E-state index is 11.3. The molecule has 1 aromatic heterocycles. The van der Waals surface area contributed by atoms with Gasteiger partial charge in [-0.25, -0.2) is 0 Å². The molecular weight excluding hydrogens is 166 g/mol. The third kappa shape index (κ3) is 1.32. The lowest BCUT2D eigenvalue weighted by Gasteiger charge is -2.23. The second-order valence-corrected chi connectivity index (χ2v) is 3.39. The summed E-state index contributed by atoms with van der Waals surface area (Å²) in [5.41, 5.74) is 2.21. The van der Waals surface area contributed by atoms with Crippen molar-refractivity contribution >= 4 is 5.91 Å². The van der Waals surface area contributed by atoms with E-state index in [2.05, 4.69) is 18.1 Å².